The molecule has 3 aliphatic heterocycles. The van der Waals surface area contributed by atoms with Gasteiger partial charge in [-0.3, -0.25) is 9.59 Å². The van der Waals surface area contributed by atoms with Crippen molar-refractivity contribution in [2.75, 3.05) is 81.7 Å². The van der Waals surface area contributed by atoms with Gasteiger partial charge in [0.15, 0.2) is 17.3 Å². The highest BCUT2D eigenvalue weighted by atomic mass is 35.5. The zero-order valence-electron chi connectivity index (χ0n) is 76.0. The van der Waals surface area contributed by atoms with Crippen LogP contribution in [-0.4, -0.2) is 136 Å². The molecular formula is C109H95ClN14O11. The third-order valence-electron chi connectivity index (χ3n) is 24.2. The largest absolute Gasteiger partial charge is 0.497 e. The Morgan fingerprint density at radius 2 is 0.926 bits per heavy atom. The molecule has 0 unspecified atom stereocenters. The minimum atomic E-state index is 0.0149. The summed E-state index contributed by atoms with van der Waals surface area (Å²) in [6, 6.07) is 86.8. The van der Waals surface area contributed by atoms with E-state index in [9.17, 15) is 30.6 Å². The van der Waals surface area contributed by atoms with Crippen molar-refractivity contribution in [3.8, 4) is 127 Å². The number of nitriles is 5. The molecule has 674 valence electrons. The molecule has 7 aromatic heterocycles. The number of H-pyrrole nitrogens is 1. The molecule has 0 atom stereocenters. The first kappa shape index (κ1) is 91.4. The molecule has 0 radical (unpaired) electrons. The quantitative estimate of drug-likeness (QED) is 0.0940. The van der Waals surface area contributed by atoms with E-state index in [1.54, 1.807) is 53.9 Å². The molecular weight excluding hydrogens is 1720 g/mol. The molecule has 0 bridgehead atoms. The summed E-state index contributed by atoms with van der Waals surface area (Å²) in [5.74, 6) is 6.33. The van der Waals surface area contributed by atoms with Crippen LogP contribution in [0.15, 0.2) is 266 Å². The zero-order chi connectivity index (χ0) is 94.3. The summed E-state index contributed by atoms with van der Waals surface area (Å²) in [5, 5.41) is 57.7. The molecule has 0 spiro atoms. The highest BCUT2D eigenvalue weighted by Crippen LogP contribution is 2.42. The average molecular weight is 1810 g/mol. The Hall–Kier alpha value is -16.9. The summed E-state index contributed by atoms with van der Waals surface area (Å²) in [6.45, 7) is 14.9. The van der Waals surface area contributed by atoms with E-state index in [-0.39, 0.29) is 18.6 Å². The lowest BCUT2D eigenvalue weighted by Crippen LogP contribution is -2.40. The summed E-state index contributed by atoms with van der Waals surface area (Å²) in [7, 11) is 8.26. The molecule has 18 aromatic rings. The molecule has 25 nitrogen and oxygen atoms in total. The number of para-hydroxylation sites is 1. The van der Waals surface area contributed by atoms with E-state index in [1.165, 1.54) is 0 Å². The number of ether oxygens (including phenoxy) is 8. The van der Waals surface area contributed by atoms with Crippen LogP contribution in [0, 0.1) is 63.6 Å². The number of halogens is 1. The van der Waals surface area contributed by atoms with Crippen molar-refractivity contribution in [3.05, 3.63) is 311 Å². The van der Waals surface area contributed by atoms with Gasteiger partial charge in [0.1, 0.15) is 64.8 Å². The third-order valence-corrected chi connectivity index (χ3v) is 24.4. The van der Waals surface area contributed by atoms with Gasteiger partial charge in [-0.25, -0.2) is 0 Å². The van der Waals surface area contributed by atoms with Crippen LogP contribution in [0.3, 0.4) is 0 Å². The molecule has 10 heterocycles. The SMILES string of the molecule is CCn1c(-c2ccc(C(=O)N3CCCC3)cc2)c(C#N)c2ccc(OC)cc21.CCn1c(-c2ccc(C(=O)N3CCOCC3)cc2)c(C#N)c2ccc(OC)cc21.CCn1cc(-c2cc(-c3ccc(OC)cc3)on2)c2ccc(OC)cc21.COc1ccc(-n2cc(C#N)c3ccccc32)cc1.Cc1ccc2c(C#N)cn(-c3ccc4c(c3)OCO4)c2c1.N#Cc1c[nH]c2cc(Cl)ccc12. The molecule has 3 aliphatic rings. The van der Waals surface area contributed by atoms with Crippen molar-refractivity contribution in [2.24, 2.45) is 0 Å². The maximum Gasteiger partial charge on any atom is 0.254 e. The first-order chi connectivity index (χ1) is 66.0. The van der Waals surface area contributed by atoms with Crippen molar-refractivity contribution in [1.29, 1.82) is 26.3 Å². The molecule has 21 rings (SSSR count). The number of methoxy groups -OCH3 is 5. The monoisotopic (exact) mass is 1810 g/mol. The van der Waals surface area contributed by atoms with Gasteiger partial charge in [0, 0.05) is 177 Å². The Labute approximate surface area is 785 Å². The van der Waals surface area contributed by atoms with E-state index < -0.39 is 0 Å². The van der Waals surface area contributed by atoms with Gasteiger partial charge < -0.3 is 80.0 Å². The van der Waals surface area contributed by atoms with E-state index in [1.807, 2.05) is 251 Å². The predicted octanol–water partition coefficient (Wildman–Crippen LogP) is 22.9. The van der Waals surface area contributed by atoms with E-state index in [4.69, 9.17) is 59.3 Å². The lowest BCUT2D eigenvalue weighted by Gasteiger charge is -2.26. The van der Waals surface area contributed by atoms with Crippen molar-refractivity contribution in [3.63, 3.8) is 0 Å². The number of benzene rings is 11. The maximum atomic E-state index is 12.7. The number of carbonyl (C=O) groups is 2. The van der Waals surface area contributed by atoms with Gasteiger partial charge in [0.25, 0.3) is 11.8 Å². The first-order valence-electron chi connectivity index (χ1n) is 44.1. The number of carbonyl (C=O) groups excluding carboxylic acids is 2. The third kappa shape index (κ3) is 19.1. The Kier molecular flexibility index (Phi) is 28.1. The average Bonchev–Trinajstić information content (AvgIpc) is 1.64. The number of nitrogens with one attached hydrogen (secondary N) is 1. The van der Waals surface area contributed by atoms with E-state index in [2.05, 4.69) is 93.3 Å². The molecule has 2 amide bonds. The number of aryl methyl sites for hydroxylation is 4. The molecule has 135 heavy (non-hydrogen) atoms. The smallest absolute Gasteiger partial charge is 0.254 e. The van der Waals surface area contributed by atoms with Crippen molar-refractivity contribution < 1.29 is 52.0 Å². The second-order valence-corrected chi connectivity index (χ2v) is 32.3. The number of amides is 2. The van der Waals surface area contributed by atoms with Crippen LogP contribution in [0.4, 0.5) is 0 Å². The van der Waals surface area contributed by atoms with E-state index >= 15 is 0 Å². The number of nitrogens with zero attached hydrogens (tertiary/aromatic N) is 13. The molecule has 0 saturated carbocycles. The van der Waals surface area contributed by atoms with Gasteiger partial charge in [0.2, 0.25) is 6.79 Å². The van der Waals surface area contributed by atoms with Gasteiger partial charge in [-0.1, -0.05) is 77.4 Å². The molecule has 0 aliphatic carbocycles. The Bertz CT molecular complexity index is 7640. The van der Waals surface area contributed by atoms with Crippen molar-refractivity contribution >= 4 is 88.8 Å². The number of hydrogen-bond acceptors (Lipinski definition) is 17. The number of likely N-dealkylation sites (tertiary alicyclic amines) is 1. The normalized spacial score (nSPS) is 12.3. The summed E-state index contributed by atoms with van der Waals surface area (Å²) >= 11 is 5.77. The summed E-state index contributed by atoms with van der Waals surface area (Å²) in [6.07, 6.45) is 9.68. The Balaban J connectivity index is 0.000000120. The van der Waals surface area contributed by atoms with E-state index in [0.29, 0.717) is 70.3 Å². The molecule has 1 N–H and O–H groups in total. The number of morpholine rings is 1. The second-order valence-electron chi connectivity index (χ2n) is 31.8. The van der Waals surface area contributed by atoms with Crippen LogP contribution in [0.25, 0.3) is 122 Å². The van der Waals surface area contributed by atoms with E-state index in [0.717, 1.165) is 213 Å². The molecule has 2 saturated heterocycles. The lowest BCUT2D eigenvalue weighted by molar-refractivity contribution is 0.0303. The summed E-state index contributed by atoms with van der Waals surface area (Å²) < 4.78 is 58.6. The van der Waals surface area contributed by atoms with Crippen LogP contribution in [-0.2, 0) is 24.4 Å². The van der Waals surface area contributed by atoms with Crippen LogP contribution in [0.5, 0.6) is 40.2 Å². The summed E-state index contributed by atoms with van der Waals surface area (Å²) in [5.41, 5.74) is 20.2. The van der Waals surface area contributed by atoms with Crippen LogP contribution in [0.2, 0.25) is 5.02 Å². The lowest BCUT2D eigenvalue weighted by atomic mass is 10.0. The Morgan fingerprint density at radius 1 is 0.437 bits per heavy atom. The molecule has 11 aromatic carbocycles. The number of aromatic nitrogens is 7. The van der Waals surface area contributed by atoms with Gasteiger partial charge in [-0.15, -0.1) is 0 Å². The molecule has 26 heteroatoms. The fourth-order valence-corrected chi connectivity index (χ4v) is 17.4. The van der Waals surface area contributed by atoms with Crippen LogP contribution in [0.1, 0.15) is 87.7 Å². The van der Waals surface area contributed by atoms with Gasteiger partial charge in [0.05, 0.1) is 116 Å². The fourth-order valence-electron chi connectivity index (χ4n) is 17.2. The standard InChI is InChI=1S/C23H23N3O3.C23H23N3O2.C21H20N2O3.C17H12N2O2.C16H12N2O.C9H5ClN2/c1-3-26-21-14-18(28-2)8-9-19(21)20(15-24)22(26)16-4-6-17(7-5-16)23(27)25-10-12-29-13-11-25;1-3-26-21-14-18(28-2)10-11-19(21)20(15-24)22(26)16-6-8-17(9-7-16)23(27)25-12-4-5-13-25;1-4-23-13-18(17-10-9-16(25-3)11-20(17)23)19-12-21(26-22-19)14-5-7-15(24-2)8-6-14;1-11-2-4-14-12(8-18)9-19(15(14)6-11)13-3-5-16-17(7-13)21-10-20-16;1-19-14-8-6-13(7-9-14)18-11-12(10-17)15-4-2-3-5-16(15)18;10-7-1-2-8-6(4-11)5-12-9(8)3-7/h4-9,14H,3,10-13H2,1-2H3;6-11,14H,3-5,12-13H2,1-2H3;5-13H,4H2,1-3H3;2-7,9H,10H2,1H3;2-9,11H,1H3;1-3,5,12H. The van der Waals surface area contributed by atoms with Crippen LogP contribution >= 0.6 is 11.6 Å². The van der Waals surface area contributed by atoms with Crippen molar-refractivity contribution in [1.82, 2.24) is 42.8 Å². The highest BCUT2D eigenvalue weighted by Gasteiger charge is 2.27. The maximum absolute atomic E-state index is 12.7. The fraction of sp³-hybridized carbons (Fsp3) is 0.193. The topological polar surface area (TPSA) is 300 Å². The van der Waals surface area contributed by atoms with Crippen LogP contribution < -0.4 is 33.2 Å². The van der Waals surface area contributed by atoms with Crippen molar-refractivity contribution in [2.45, 2.75) is 60.2 Å². The Morgan fingerprint density at radius 3 is 1.47 bits per heavy atom. The molecule has 2 fully saturated rings. The number of hydrogen-bond donors (Lipinski definition) is 1. The summed E-state index contributed by atoms with van der Waals surface area (Å²) in [4.78, 5) is 32.0. The minimum absolute atomic E-state index is 0.0149. The second kappa shape index (κ2) is 41.5. The first-order valence-corrected chi connectivity index (χ1v) is 44.5. The predicted molar refractivity (Wildman–Crippen MR) is 524 cm³/mol. The highest BCUT2D eigenvalue weighted by molar-refractivity contribution is 6.31. The number of rotatable bonds is 16. The number of fused-ring (bicyclic) bond motifs is 7. The van der Waals surface area contributed by atoms with Gasteiger partial charge in [-0.2, -0.15) is 26.3 Å². The zero-order valence-corrected chi connectivity index (χ0v) is 76.7. The van der Waals surface area contributed by atoms with Gasteiger partial charge >= 0.3 is 0 Å². The number of aromatic amines is 1. The van der Waals surface area contributed by atoms with Gasteiger partial charge in [-0.05, 0) is 203 Å². The minimum Gasteiger partial charge on any atom is -0.497 e.